The number of carbonyl (C=O) groups excluding carboxylic acids is 1. The zero-order valence-corrected chi connectivity index (χ0v) is 19.6. The molecule has 2 aromatic heterocycles. The number of aryl methyl sites for hydroxylation is 1. The lowest BCUT2D eigenvalue weighted by molar-refractivity contribution is 0.103. The van der Waals surface area contributed by atoms with Gasteiger partial charge < -0.3 is 0 Å². The molecule has 2 heterocycles. The minimum atomic E-state index is -0.110. The fraction of sp³-hybridized carbons (Fsp3) is 0.0400. The molecule has 0 aliphatic carbocycles. The van der Waals surface area contributed by atoms with Crippen LogP contribution >= 0.6 is 38.9 Å². The first kappa shape index (κ1) is 20.2. The number of halogens is 2. The highest BCUT2D eigenvalue weighted by Gasteiger charge is 2.25. The fourth-order valence-electron chi connectivity index (χ4n) is 3.59. The van der Waals surface area contributed by atoms with Gasteiger partial charge in [-0.15, -0.1) is 11.3 Å². The lowest BCUT2D eigenvalue weighted by atomic mass is 10.0. The lowest BCUT2D eigenvalue weighted by Gasteiger charge is -2.09. The summed E-state index contributed by atoms with van der Waals surface area (Å²) in [7, 11) is 0. The van der Waals surface area contributed by atoms with Crippen molar-refractivity contribution in [3.8, 4) is 22.5 Å². The Morgan fingerprint density at radius 2 is 1.65 bits per heavy atom. The van der Waals surface area contributed by atoms with E-state index in [4.69, 9.17) is 16.6 Å². The lowest BCUT2D eigenvalue weighted by Crippen LogP contribution is -2.05. The van der Waals surface area contributed by atoms with E-state index >= 15 is 0 Å². The molecule has 0 aliphatic heterocycles. The molecule has 152 valence electrons. The maximum absolute atomic E-state index is 13.6. The quantitative estimate of drug-likeness (QED) is 0.234. The minimum Gasteiger partial charge on any atom is -0.287 e. The third-order valence-corrected chi connectivity index (χ3v) is 6.93. The van der Waals surface area contributed by atoms with Gasteiger partial charge in [0.1, 0.15) is 5.69 Å². The molecule has 0 bridgehead atoms. The second kappa shape index (κ2) is 8.08. The second-order valence-electron chi connectivity index (χ2n) is 7.23. The van der Waals surface area contributed by atoms with E-state index < -0.39 is 0 Å². The molecule has 6 heteroatoms. The zero-order chi connectivity index (χ0) is 21.5. The largest absolute Gasteiger partial charge is 0.287 e. The predicted molar refractivity (Wildman–Crippen MR) is 131 cm³/mol. The van der Waals surface area contributed by atoms with Gasteiger partial charge in [-0.3, -0.25) is 9.20 Å². The van der Waals surface area contributed by atoms with E-state index in [9.17, 15) is 4.79 Å². The molecule has 0 atom stereocenters. The molecule has 0 radical (unpaired) electrons. The van der Waals surface area contributed by atoms with E-state index in [2.05, 4.69) is 37.8 Å². The number of imidazole rings is 1. The number of hydrogen-bond acceptors (Lipinski definition) is 3. The summed E-state index contributed by atoms with van der Waals surface area (Å²) < 4.78 is 2.83. The fourth-order valence-corrected chi connectivity index (χ4v) is 5.08. The Morgan fingerprint density at radius 1 is 0.968 bits per heavy atom. The molecule has 0 spiro atoms. The Morgan fingerprint density at radius 3 is 2.35 bits per heavy atom. The highest BCUT2D eigenvalue weighted by atomic mass is 79.9. The molecule has 5 aromatic rings. The van der Waals surface area contributed by atoms with Crippen molar-refractivity contribution in [3.05, 3.63) is 104 Å². The maximum atomic E-state index is 13.6. The van der Waals surface area contributed by atoms with E-state index in [0.717, 1.165) is 37.5 Å². The first-order chi connectivity index (χ1) is 15.0. The first-order valence-electron chi connectivity index (χ1n) is 9.65. The number of ketones is 1. The molecule has 5 rings (SSSR count). The number of fused-ring (bicyclic) bond motifs is 1. The van der Waals surface area contributed by atoms with Crippen molar-refractivity contribution >= 4 is 49.6 Å². The maximum Gasteiger partial charge on any atom is 0.214 e. The summed E-state index contributed by atoms with van der Waals surface area (Å²) in [6, 6.07) is 23.3. The molecule has 0 N–H and O–H groups in total. The van der Waals surface area contributed by atoms with E-state index in [1.54, 1.807) is 0 Å². The average molecular weight is 508 g/mol. The topological polar surface area (TPSA) is 34.4 Å². The van der Waals surface area contributed by atoms with Crippen molar-refractivity contribution in [3.63, 3.8) is 0 Å². The van der Waals surface area contributed by atoms with Crippen molar-refractivity contribution in [2.75, 3.05) is 0 Å². The normalized spacial score (nSPS) is 11.2. The first-order valence-corrected chi connectivity index (χ1v) is 11.7. The van der Waals surface area contributed by atoms with Gasteiger partial charge in [0.2, 0.25) is 5.78 Å². The van der Waals surface area contributed by atoms with Crippen molar-refractivity contribution in [1.29, 1.82) is 0 Å². The molecule has 31 heavy (non-hydrogen) atoms. The Labute approximate surface area is 197 Å². The third kappa shape index (κ3) is 3.63. The van der Waals surface area contributed by atoms with Crippen LogP contribution in [0.1, 0.15) is 21.6 Å². The molecule has 3 nitrogen and oxygen atoms in total. The summed E-state index contributed by atoms with van der Waals surface area (Å²) in [5.74, 6) is -0.110. The van der Waals surface area contributed by atoms with Crippen LogP contribution in [-0.4, -0.2) is 15.2 Å². The number of aromatic nitrogens is 2. The Kier molecular flexibility index (Phi) is 5.26. The van der Waals surface area contributed by atoms with E-state index in [-0.39, 0.29) is 5.78 Å². The zero-order valence-electron chi connectivity index (χ0n) is 16.5. The molecular weight excluding hydrogens is 492 g/mol. The SMILES string of the molecule is Cc1ccc(-c2c(C(=O)c3ccccc3Br)nc3scc(-c4ccc(Cl)cc4)n23)cc1. The van der Waals surface area contributed by atoms with Crippen LogP contribution in [0.25, 0.3) is 27.5 Å². The van der Waals surface area contributed by atoms with Gasteiger partial charge in [-0.2, -0.15) is 0 Å². The van der Waals surface area contributed by atoms with Gasteiger partial charge in [0.15, 0.2) is 4.96 Å². The van der Waals surface area contributed by atoms with E-state index in [1.807, 2.05) is 67.6 Å². The molecule has 3 aromatic carbocycles. The number of carbonyl (C=O) groups is 1. The smallest absolute Gasteiger partial charge is 0.214 e. The highest BCUT2D eigenvalue weighted by Crippen LogP contribution is 2.36. The molecule has 0 saturated heterocycles. The van der Waals surface area contributed by atoms with Crippen molar-refractivity contribution in [2.24, 2.45) is 0 Å². The summed E-state index contributed by atoms with van der Waals surface area (Å²) in [6.07, 6.45) is 0. The number of benzene rings is 3. The Bertz CT molecular complexity index is 1420. The van der Waals surface area contributed by atoms with E-state index in [1.165, 1.54) is 11.3 Å². The van der Waals surface area contributed by atoms with Gasteiger partial charge in [-0.1, -0.05) is 81.6 Å². The Hall–Kier alpha value is -2.73. The van der Waals surface area contributed by atoms with Crippen LogP contribution in [0.2, 0.25) is 5.02 Å². The molecular formula is C25H16BrClN2OS. The van der Waals surface area contributed by atoms with Crippen molar-refractivity contribution in [1.82, 2.24) is 9.38 Å². The van der Waals surface area contributed by atoms with Gasteiger partial charge in [-0.25, -0.2) is 4.98 Å². The van der Waals surface area contributed by atoms with Crippen molar-refractivity contribution < 1.29 is 4.79 Å². The van der Waals surface area contributed by atoms with Gasteiger partial charge in [0.25, 0.3) is 0 Å². The van der Waals surface area contributed by atoms with Crippen LogP contribution in [0, 0.1) is 6.92 Å². The second-order valence-corrected chi connectivity index (χ2v) is 9.36. The van der Waals surface area contributed by atoms with Gasteiger partial charge in [-0.05, 0) is 36.8 Å². The summed E-state index contributed by atoms with van der Waals surface area (Å²) >= 11 is 11.1. The highest BCUT2D eigenvalue weighted by molar-refractivity contribution is 9.10. The summed E-state index contributed by atoms with van der Waals surface area (Å²) in [4.78, 5) is 19.1. The van der Waals surface area contributed by atoms with Crippen LogP contribution < -0.4 is 0 Å². The number of hydrogen-bond donors (Lipinski definition) is 0. The summed E-state index contributed by atoms with van der Waals surface area (Å²) in [5.41, 5.74) is 5.93. The van der Waals surface area contributed by atoms with E-state index in [0.29, 0.717) is 16.3 Å². The number of nitrogens with zero attached hydrogens (tertiary/aromatic N) is 2. The van der Waals surface area contributed by atoms with Crippen LogP contribution in [0.5, 0.6) is 0 Å². The van der Waals surface area contributed by atoms with Crippen LogP contribution in [0.15, 0.2) is 82.6 Å². The minimum absolute atomic E-state index is 0.110. The summed E-state index contributed by atoms with van der Waals surface area (Å²) in [6.45, 7) is 2.05. The average Bonchev–Trinajstić information content (AvgIpc) is 3.34. The van der Waals surface area contributed by atoms with Gasteiger partial charge in [0.05, 0.1) is 11.4 Å². The molecule has 0 saturated carbocycles. The molecule has 0 amide bonds. The number of rotatable bonds is 4. The van der Waals surface area contributed by atoms with Gasteiger partial charge >= 0.3 is 0 Å². The predicted octanol–water partition coefficient (Wildman–Crippen LogP) is 7.69. The molecule has 0 aliphatic rings. The monoisotopic (exact) mass is 506 g/mol. The molecule has 0 unspecified atom stereocenters. The third-order valence-electron chi connectivity index (χ3n) is 5.16. The van der Waals surface area contributed by atoms with Gasteiger partial charge in [0, 0.05) is 26.0 Å². The van der Waals surface area contributed by atoms with Crippen LogP contribution in [-0.2, 0) is 0 Å². The van der Waals surface area contributed by atoms with Crippen LogP contribution in [0.4, 0.5) is 0 Å². The van der Waals surface area contributed by atoms with Crippen molar-refractivity contribution in [2.45, 2.75) is 6.92 Å². The summed E-state index contributed by atoms with van der Waals surface area (Å²) in [5, 5.41) is 2.75. The Balaban J connectivity index is 1.79. The molecule has 0 fully saturated rings. The number of thiazole rings is 1. The van der Waals surface area contributed by atoms with Crippen LogP contribution in [0.3, 0.4) is 0 Å². The standard InChI is InChI=1S/C25H16BrClN2OS/c1-15-6-8-17(9-7-15)23-22(24(30)19-4-2-3-5-20(19)26)28-25-29(23)21(14-31-25)16-10-12-18(27)13-11-16/h2-14H,1H3.